The summed E-state index contributed by atoms with van der Waals surface area (Å²) in [5.74, 6) is 0.292. The molecule has 0 N–H and O–H groups in total. The molecule has 1 aliphatic heterocycles. The zero-order valence-corrected chi connectivity index (χ0v) is 9.86. The van der Waals surface area contributed by atoms with Crippen LogP contribution in [0, 0.1) is 11.3 Å². The highest BCUT2D eigenvalue weighted by atomic mass is 16.2. The molecule has 2 amide bonds. The first kappa shape index (κ1) is 15.9. The van der Waals surface area contributed by atoms with Crippen LogP contribution in [0.25, 0.3) is 0 Å². The molecule has 0 aromatic carbocycles. The van der Waals surface area contributed by atoms with Gasteiger partial charge in [-0.1, -0.05) is 0 Å². The third kappa shape index (κ3) is 12.4. The lowest BCUT2D eigenvalue weighted by atomic mass is 10.4. The Hall–Kier alpha value is -1.57. The molecule has 0 saturated carbocycles. The molecular formula is C10H19N3O2. The van der Waals surface area contributed by atoms with Crippen molar-refractivity contribution in [1.82, 2.24) is 9.80 Å². The summed E-state index contributed by atoms with van der Waals surface area (Å²) in [6, 6.07) is 1.75. The summed E-state index contributed by atoms with van der Waals surface area (Å²) in [5, 5.41) is 7.32. The molecule has 86 valence electrons. The van der Waals surface area contributed by atoms with Gasteiger partial charge in [0.25, 0.3) is 0 Å². The van der Waals surface area contributed by atoms with E-state index in [0.29, 0.717) is 5.91 Å². The summed E-state index contributed by atoms with van der Waals surface area (Å²) in [7, 11) is 5.22. The SMILES string of the molecule is CC#N.CN(C)C=O.CN1CCCC1=O. The van der Waals surface area contributed by atoms with Gasteiger partial charge in [0, 0.05) is 41.0 Å². The largest absolute Gasteiger partial charge is 0.351 e. The number of carbonyl (C=O) groups excluding carboxylic acids is 2. The Kier molecular flexibility index (Phi) is 11.1. The average Bonchev–Trinajstić information content (AvgIpc) is 2.53. The number of nitrogens with zero attached hydrogens (tertiary/aromatic N) is 3. The van der Waals surface area contributed by atoms with Gasteiger partial charge >= 0.3 is 0 Å². The summed E-state index contributed by atoms with van der Waals surface area (Å²) >= 11 is 0. The van der Waals surface area contributed by atoms with Crippen LogP contribution in [0.4, 0.5) is 0 Å². The van der Waals surface area contributed by atoms with Crippen LogP contribution in [0.15, 0.2) is 0 Å². The van der Waals surface area contributed by atoms with Crippen LogP contribution in [0.3, 0.4) is 0 Å². The molecule has 1 saturated heterocycles. The smallest absolute Gasteiger partial charge is 0.222 e. The highest BCUT2D eigenvalue weighted by Gasteiger charge is 2.14. The standard InChI is InChI=1S/C5H9NO.C3H7NO.C2H3N/c1-6-4-2-3-5(6)7;1-4(2)3-5;1-2-3/h2-4H2,1H3;3H,1-2H3;1H3. The first-order chi connectivity index (χ1) is 6.99. The molecule has 0 aromatic rings. The van der Waals surface area contributed by atoms with E-state index in [4.69, 9.17) is 5.26 Å². The zero-order valence-electron chi connectivity index (χ0n) is 9.86. The molecule has 1 heterocycles. The number of rotatable bonds is 1. The van der Waals surface area contributed by atoms with E-state index in [1.165, 1.54) is 11.8 Å². The van der Waals surface area contributed by atoms with Crippen LogP contribution in [-0.4, -0.2) is 49.8 Å². The summed E-state index contributed by atoms with van der Waals surface area (Å²) in [6.45, 7) is 2.39. The van der Waals surface area contributed by atoms with Crippen molar-refractivity contribution in [3.8, 4) is 6.07 Å². The van der Waals surface area contributed by atoms with Gasteiger partial charge in [0.1, 0.15) is 0 Å². The zero-order chi connectivity index (χ0) is 12.3. The van der Waals surface area contributed by atoms with Gasteiger partial charge in [-0.25, -0.2) is 0 Å². The van der Waals surface area contributed by atoms with Crippen molar-refractivity contribution < 1.29 is 9.59 Å². The first-order valence-electron chi connectivity index (χ1n) is 4.66. The van der Waals surface area contributed by atoms with Crippen molar-refractivity contribution >= 4 is 12.3 Å². The number of hydrogen-bond donors (Lipinski definition) is 0. The Morgan fingerprint density at radius 1 is 1.53 bits per heavy atom. The van der Waals surface area contributed by atoms with Gasteiger partial charge in [0.2, 0.25) is 12.3 Å². The van der Waals surface area contributed by atoms with E-state index in [9.17, 15) is 9.59 Å². The number of likely N-dealkylation sites (tertiary alicyclic amines) is 1. The molecular weight excluding hydrogens is 194 g/mol. The summed E-state index contributed by atoms with van der Waals surface area (Å²) in [4.78, 5) is 23.1. The van der Waals surface area contributed by atoms with E-state index in [-0.39, 0.29) is 0 Å². The quantitative estimate of drug-likeness (QED) is 0.595. The number of nitriles is 1. The van der Waals surface area contributed by atoms with Crippen molar-refractivity contribution in [2.45, 2.75) is 19.8 Å². The minimum Gasteiger partial charge on any atom is -0.351 e. The summed E-state index contributed by atoms with van der Waals surface area (Å²) in [5.41, 5.74) is 0. The summed E-state index contributed by atoms with van der Waals surface area (Å²) < 4.78 is 0. The monoisotopic (exact) mass is 213 g/mol. The molecule has 0 aromatic heterocycles. The van der Waals surface area contributed by atoms with Gasteiger partial charge < -0.3 is 9.80 Å². The molecule has 1 rings (SSSR count). The number of carbonyl (C=O) groups is 2. The Bertz CT molecular complexity index is 221. The fourth-order valence-corrected chi connectivity index (χ4v) is 0.783. The van der Waals surface area contributed by atoms with E-state index in [0.717, 1.165) is 25.8 Å². The summed E-state index contributed by atoms with van der Waals surface area (Å²) in [6.07, 6.45) is 2.56. The maximum Gasteiger partial charge on any atom is 0.222 e. The maximum absolute atomic E-state index is 10.5. The second kappa shape index (κ2) is 10.5. The fourth-order valence-electron chi connectivity index (χ4n) is 0.783. The minimum atomic E-state index is 0.292. The molecule has 15 heavy (non-hydrogen) atoms. The van der Waals surface area contributed by atoms with Gasteiger partial charge in [-0.15, -0.1) is 0 Å². The van der Waals surface area contributed by atoms with Crippen molar-refractivity contribution in [3.63, 3.8) is 0 Å². The second-order valence-electron chi connectivity index (χ2n) is 3.21. The molecule has 5 nitrogen and oxygen atoms in total. The molecule has 0 atom stereocenters. The maximum atomic E-state index is 10.5. The van der Waals surface area contributed by atoms with Crippen molar-refractivity contribution in [1.29, 1.82) is 5.26 Å². The molecule has 0 spiro atoms. The molecule has 0 radical (unpaired) electrons. The predicted octanol–water partition coefficient (Wildman–Crippen LogP) is 0.473. The molecule has 0 bridgehead atoms. The first-order valence-corrected chi connectivity index (χ1v) is 4.66. The Labute approximate surface area is 91.3 Å². The van der Waals surface area contributed by atoms with Crippen molar-refractivity contribution in [3.05, 3.63) is 0 Å². The van der Waals surface area contributed by atoms with Crippen molar-refractivity contribution in [2.24, 2.45) is 0 Å². The van der Waals surface area contributed by atoms with Crippen LogP contribution >= 0.6 is 0 Å². The van der Waals surface area contributed by atoms with Gasteiger partial charge in [-0.05, 0) is 6.42 Å². The average molecular weight is 213 g/mol. The topological polar surface area (TPSA) is 64.4 Å². The van der Waals surface area contributed by atoms with E-state index in [1.807, 2.05) is 7.05 Å². The highest BCUT2D eigenvalue weighted by molar-refractivity contribution is 5.77. The third-order valence-electron chi connectivity index (χ3n) is 1.52. The Balaban J connectivity index is 0. The van der Waals surface area contributed by atoms with Gasteiger partial charge in [-0.2, -0.15) is 5.26 Å². The highest BCUT2D eigenvalue weighted by Crippen LogP contribution is 2.04. The van der Waals surface area contributed by atoms with Crippen LogP contribution in [0.1, 0.15) is 19.8 Å². The lowest BCUT2D eigenvalue weighted by Gasteiger charge is -2.03. The Morgan fingerprint density at radius 2 is 1.93 bits per heavy atom. The van der Waals surface area contributed by atoms with Crippen LogP contribution in [-0.2, 0) is 9.59 Å². The lowest BCUT2D eigenvalue weighted by Crippen LogP contribution is -2.17. The van der Waals surface area contributed by atoms with E-state index in [1.54, 1.807) is 25.1 Å². The lowest BCUT2D eigenvalue weighted by molar-refractivity contribution is -0.126. The molecule has 5 heteroatoms. The van der Waals surface area contributed by atoms with Gasteiger partial charge in [-0.3, -0.25) is 9.59 Å². The van der Waals surface area contributed by atoms with E-state index in [2.05, 4.69) is 0 Å². The molecule has 0 aliphatic carbocycles. The number of amides is 2. The van der Waals surface area contributed by atoms with Crippen LogP contribution in [0.2, 0.25) is 0 Å². The predicted molar refractivity (Wildman–Crippen MR) is 57.9 cm³/mol. The van der Waals surface area contributed by atoms with Crippen molar-refractivity contribution in [2.75, 3.05) is 27.7 Å². The minimum absolute atomic E-state index is 0.292. The molecule has 0 unspecified atom stereocenters. The molecule has 1 aliphatic rings. The van der Waals surface area contributed by atoms with Gasteiger partial charge in [0.15, 0.2) is 0 Å². The second-order valence-corrected chi connectivity index (χ2v) is 3.21. The molecule has 1 fully saturated rings. The van der Waals surface area contributed by atoms with E-state index >= 15 is 0 Å². The third-order valence-corrected chi connectivity index (χ3v) is 1.52. The number of hydrogen-bond acceptors (Lipinski definition) is 3. The van der Waals surface area contributed by atoms with Crippen LogP contribution in [0.5, 0.6) is 0 Å². The van der Waals surface area contributed by atoms with Gasteiger partial charge in [0.05, 0.1) is 6.07 Å². The fraction of sp³-hybridized carbons (Fsp3) is 0.700. The van der Waals surface area contributed by atoms with Crippen LogP contribution < -0.4 is 0 Å². The Morgan fingerprint density at radius 3 is 2.00 bits per heavy atom. The normalized spacial score (nSPS) is 12.7. The van der Waals surface area contributed by atoms with E-state index < -0.39 is 0 Å².